The van der Waals surface area contributed by atoms with Crippen LogP contribution in [0.4, 0.5) is 0 Å². The molecule has 3 N–H and O–H groups in total. The summed E-state index contributed by atoms with van der Waals surface area (Å²) in [6, 6.07) is 7.33. The Labute approximate surface area is 90.8 Å². The van der Waals surface area contributed by atoms with E-state index in [1.165, 1.54) is 0 Å². The molecule has 0 aliphatic heterocycles. The van der Waals surface area contributed by atoms with Crippen LogP contribution in [0.2, 0.25) is 0 Å². The van der Waals surface area contributed by atoms with E-state index >= 15 is 0 Å². The standard InChI is InChI=1S/C12H18N2O/c1-9(2)6-7-15-11-5-3-4-10(8-11)12(13)14/h3-5,8-9H,6-7H2,1-2H3,(H3,13,14). The fraction of sp³-hybridized carbons (Fsp3) is 0.417. The topological polar surface area (TPSA) is 59.1 Å². The summed E-state index contributed by atoms with van der Waals surface area (Å²) in [6.45, 7) is 5.03. The van der Waals surface area contributed by atoms with E-state index in [9.17, 15) is 0 Å². The fourth-order valence-corrected chi connectivity index (χ4v) is 1.17. The normalized spacial score (nSPS) is 10.3. The second-order valence-corrected chi connectivity index (χ2v) is 3.97. The first-order chi connectivity index (χ1) is 7.09. The average molecular weight is 206 g/mol. The second-order valence-electron chi connectivity index (χ2n) is 3.97. The Morgan fingerprint density at radius 2 is 2.20 bits per heavy atom. The van der Waals surface area contributed by atoms with Gasteiger partial charge in [-0.15, -0.1) is 0 Å². The van der Waals surface area contributed by atoms with Crippen LogP contribution >= 0.6 is 0 Å². The van der Waals surface area contributed by atoms with Crippen LogP contribution in [0.5, 0.6) is 5.75 Å². The summed E-state index contributed by atoms with van der Waals surface area (Å²) < 4.78 is 5.56. The first-order valence-corrected chi connectivity index (χ1v) is 5.17. The van der Waals surface area contributed by atoms with E-state index in [1.54, 1.807) is 12.1 Å². The summed E-state index contributed by atoms with van der Waals surface area (Å²) in [6.07, 6.45) is 1.03. The van der Waals surface area contributed by atoms with Crippen LogP contribution in [0, 0.1) is 11.3 Å². The van der Waals surface area contributed by atoms with Gasteiger partial charge in [-0.1, -0.05) is 26.0 Å². The minimum atomic E-state index is 0.0734. The molecule has 0 atom stereocenters. The molecular weight excluding hydrogens is 188 g/mol. The smallest absolute Gasteiger partial charge is 0.122 e. The van der Waals surface area contributed by atoms with Crippen molar-refractivity contribution in [3.63, 3.8) is 0 Å². The molecule has 82 valence electrons. The SMILES string of the molecule is CC(C)CCOc1cccc(C(=N)N)c1. The Morgan fingerprint density at radius 3 is 2.80 bits per heavy atom. The number of nitrogens with one attached hydrogen (secondary N) is 1. The van der Waals surface area contributed by atoms with Crippen molar-refractivity contribution in [3.8, 4) is 5.75 Å². The van der Waals surface area contributed by atoms with Crippen LogP contribution in [0.3, 0.4) is 0 Å². The quantitative estimate of drug-likeness (QED) is 0.574. The van der Waals surface area contributed by atoms with Gasteiger partial charge in [0, 0.05) is 5.56 Å². The summed E-state index contributed by atoms with van der Waals surface area (Å²) in [4.78, 5) is 0. The van der Waals surface area contributed by atoms with E-state index in [0.717, 1.165) is 12.2 Å². The van der Waals surface area contributed by atoms with Gasteiger partial charge in [-0.05, 0) is 24.5 Å². The fourth-order valence-electron chi connectivity index (χ4n) is 1.17. The van der Waals surface area contributed by atoms with Gasteiger partial charge in [-0.2, -0.15) is 0 Å². The molecule has 0 fully saturated rings. The first kappa shape index (κ1) is 11.6. The highest BCUT2D eigenvalue weighted by atomic mass is 16.5. The lowest BCUT2D eigenvalue weighted by Gasteiger charge is -2.08. The van der Waals surface area contributed by atoms with Crippen LogP contribution in [0.25, 0.3) is 0 Å². The number of nitrogen functional groups attached to an aromatic ring is 1. The summed E-state index contributed by atoms with van der Waals surface area (Å²) >= 11 is 0. The molecule has 0 spiro atoms. The van der Waals surface area contributed by atoms with E-state index in [-0.39, 0.29) is 5.84 Å². The molecule has 3 heteroatoms. The van der Waals surface area contributed by atoms with Crippen molar-refractivity contribution < 1.29 is 4.74 Å². The maximum atomic E-state index is 7.30. The number of benzene rings is 1. The molecule has 0 aromatic heterocycles. The van der Waals surface area contributed by atoms with Crippen molar-refractivity contribution in [1.82, 2.24) is 0 Å². The van der Waals surface area contributed by atoms with Crippen molar-refractivity contribution >= 4 is 5.84 Å². The number of rotatable bonds is 5. The van der Waals surface area contributed by atoms with E-state index in [4.69, 9.17) is 15.9 Å². The van der Waals surface area contributed by atoms with E-state index in [1.807, 2.05) is 12.1 Å². The molecule has 1 aromatic carbocycles. The predicted octanol–water partition coefficient (Wildman–Crippen LogP) is 2.40. The molecule has 0 saturated carbocycles. The van der Waals surface area contributed by atoms with Gasteiger partial charge in [0.25, 0.3) is 0 Å². The Morgan fingerprint density at radius 1 is 1.47 bits per heavy atom. The molecule has 1 aromatic rings. The monoisotopic (exact) mass is 206 g/mol. The van der Waals surface area contributed by atoms with Gasteiger partial charge in [0.15, 0.2) is 0 Å². The maximum Gasteiger partial charge on any atom is 0.122 e. The highest BCUT2D eigenvalue weighted by Gasteiger charge is 2.00. The minimum absolute atomic E-state index is 0.0734. The third kappa shape index (κ3) is 4.02. The van der Waals surface area contributed by atoms with Crippen LogP contribution in [0.1, 0.15) is 25.8 Å². The molecule has 0 heterocycles. The van der Waals surface area contributed by atoms with Gasteiger partial charge in [-0.3, -0.25) is 5.41 Å². The summed E-state index contributed by atoms with van der Waals surface area (Å²) in [7, 11) is 0. The van der Waals surface area contributed by atoms with Crippen molar-refractivity contribution in [2.45, 2.75) is 20.3 Å². The first-order valence-electron chi connectivity index (χ1n) is 5.17. The van der Waals surface area contributed by atoms with Crippen molar-refractivity contribution in [1.29, 1.82) is 5.41 Å². The zero-order chi connectivity index (χ0) is 11.3. The van der Waals surface area contributed by atoms with E-state index in [0.29, 0.717) is 18.1 Å². The van der Waals surface area contributed by atoms with Crippen LogP contribution in [-0.2, 0) is 0 Å². The molecular formula is C12H18N2O. The van der Waals surface area contributed by atoms with Crippen molar-refractivity contribution in [2.75, 3.05) is 6.61 Å². The molecule has 15 heavy (non-hydrogen) atoms. The lowest BCUT2D eigenvalue weighted by atomic mass is 10.1. The second kappa shape index (κ2) is 5.39. The lowest BCUT2D eigenvalue weighted by molar-refractivity contribution is 0.289. The lowest BCUT2D eigenvalue weighted by Crippen LogP contribution is -2.11. The van der Waals surface area contributed by atoms with Gasteiger partial charge >= 0.3 is 0 Å². The van der Waals surface area contributed by atoms with Crippen molar-refractivity contribution in [3.05, 3.63) is 29.8 Å². The van der Waals surface area contributed by atoms with E-state index < -0.39 is 0 Å². The molecule has 1 rings (SSSR count). The number of hydrogen-bond donors (Lipinski definition) is 2. The molecule has 0 aliphatic rings. The number of amidine groups is 1. The number of ether oxygens (including phenoxy) is 1. The predicted molar refractivity (Wildman–Crippen MR) is 62.4 cm³/mol. The molecule has 0 bridgehead atoms. The van der Waals surface area contributed by atoms with Crippen LogP contribution in [-0.4, -0.2) is 12.4 Å². The van der Waals surface area contributed by atoms with Crippen LogP contribution in [0.15, 0.2) is 24.3 Å². The van der Waals surface area contributed by atoms with Gasteiger partial charge in [-0.25, -0.2) is 0 Å². The Balaban J connectivity index is 2.54. The third-order valence-electron chi connectivity index (χ3n) is 2.11. The summed E-state index contributed by atoms with van der Waals surface area (Å²) in [5.74, 6) is 1.49. The number of nitrogens with two attached hydrogens (primary N) is 1. The zero-order valence-electron chi connectivity index (χ0n) is 9.29. The Kier molecular flexibility index (Phi) is 4.16. The molecule has 0 radical (unpaired) electrons. The highest BCUT2D eigenvalue weighted by Crippen LogP contribution is 2.13. The largest absolute Gasteiger partial charge is 0.494 e. The van der Waals surface area contributed by atoms with Gasteiger partial charge in [0.05, 0.1) is 6.61 Å². The van der Waals surface area contributed by atoms with Crippen molar-refractivity contribution in [2.24, 2.45) is 11.7 Å². The Hall–Kier alpha value is -1.51. The molecule has 0 unspecified atom stereocenters. The molecule has 3 nitrogen and oxygen atoms in total. The van der Waals surface area contributed by atoms with Gasteiger partial charge < -0.3 is 10.5 Å². The number of hydrogen-bond acceptors (Lipinski definition) is 2. The zero-order valence-corrected chi connectivity index (χ0v) is 9.29. The molecule has 0 saturated heterocycles. The summed E-state index contributed by atoms with van der Waals surface area (Å²) in [5, 5.41) is 7.30. The minimum Gasteiger partial charge on any atom is -0.494 e. The van der Waals surface area contributed by atoms with Crippen LogP contribution < -0.4 is 10.5 Å². The average Bonchev–Trinajstić information content (AvgIpc) is 2.17. The van der Waals surface area contributed by atoms with Gasteiger partial charge in [0.2, 0.25) is 0 Å². The Bertz CT molecular complexity index is 334. The van der Waals surface area contributed by atoms with Gasteiger partial charge in [0.1, 0.15) is 11.6 Å². The highest BCUT2D eigenvalue weighted by molar-refractivity contribution is 5.95. The summed E-state index contributed by atoms with van der Waals surface area (Å²) in [5.41, 5.74) is 6.09. The molecule has 0 aliphatic carbocycles. The molecule has 0 amide bonds. The third-order valence-corrected chi connectivity index (χ3v) is 2.11. The maximum absolute atomic E-state index is 7.30. The van der Waals surface area contributed by atoms with E-state index in [2.05, 4.69) is 13.8 Å².